The lowest BCUT2D eigenvalue weighted by Crippen LogP contribution is -2.36. The van der Waals surface area contributed by atoms with Gasteiger partial charge in [0, 0.05) is 26.3 Å². The van der Waals surface area contributed by atoms with Crippen LogP contribution in [0.4, 0.5) is 5.82 Å². The summed E-state index contributed by atoms with van der Waals surface area (Å²) >= 11 is 0. The first-order valence-electron chi connectivity index (χ1n) is 6.40. The van der Waals surface area contributed by atoms with Gasteiger partial charge < -0.3 is 14.6 Å². The highest BCUT2D eigenvalue weighted by molar-refractivity contribution is 5.86. The van der Waals surface area contributed by atoms with E-state index in [0.717, 1.165) is 29.9 Å². The number of hydrogen-bond acceptors (Lipinski definition) is 4. The maximum atomic E-state index is 11.0. The third-order valence-electron chi connectivity index (χ3n) is 3.77. The molecule has 6 nitrogen and oxygen atoms in total. The number of carboxylic acid groups (broad SMARTS) is 1. The summed E-state index contributed by atoms with van der Waals surface area (Å²) < 4.78 is 1.96. The SMILES string of the molecule is Cn1cnc2c(N3CCC(C(=O)O)CC3)nccc21. The van der Waals surface area contributed by atoms with E-state index in [1.54, 1.807) is 12.5 Å². The Hall–Kier alpha value is -2.11. The fourth-order valence-corrected chi connectivity index (χ4v) is 2.62. The van der Waals surface area contributed by atoms with Crippen molar-refractivity contribution in [2.24, 2.45) is 13.0 Å². The van der Waals surface area contributed by atoms with E-state index in [4.69, 9.17) is 5.11 Å². The number of fused-ring (bicyclic) bond motifs is 1. The summed E-state index contributed by atoms with van der Waals surface area (Å²) in [5.41, 5.74) is 1.93. The molecule has 1 N–H and O–H groups in total. The summed E-state index contributed by atoms with van der Waals surface area (Å²) in [6.45, 7) is 1.44. The molecule has 0 bridgehead atoms. The molecule has 100 valence electrons. The van der Waals surface area contributed by atoms with Crippen molar-refractivity contribution in [1.82, 2.24) is 14.5 Å². The molecule has 0 atom stereocenters. The Morgan fingerprint density at radius 2 is 2.11 bits per heavy atom. The predicted octanol–water partition coefficient (Wildman–Crippen LogP) is 1.27. The molecule has 19 heavy (non-hydrogen) atoms. The highest BCUT2D eigenvalue weighted by Gasteiger charge is 2.26. The molecule has 2 aromatic heterocycles. The number of aliphatic carboxylic acids is 1. The molecule has 0 aliphatic carbocycles. The average Bonchev–Trinajstić information content (AvgIpc) is 2.81. The molecule has 3 rings (SSSR count). The van der Waals surface area contributed by atoms with E-state index in [1.165, 1.54) is 0 Å². The summed E-state index contributed by atoms with van der Waals surface area (Å²) in [4.78, 5) is 21.9. The zero-order valence-electron chi connectivity index (χ0n) is 10.8. The van der Waals surface area contributed by atoms with E-state index < -0.39 is 5.97 Å². The molecule has 3 heterocycles. The summed E-state index contributed by atoms with van der Waals surface area (Å²) in [5.74, 6) is -0.0511. The quantitative estimate of drug-likeness (QED) is 0.880. The van der Waals surface area contributed by atoms with Gasteiger partial charge in [0.05, 0.1) is 17.8 Å². The molecule has 0 amide bonds. The van der Waals surface area contributed by atoms with Crippen LogP contribution >= 0.6 is 0 Å². The number of piperidine rings is 1. The number of hydrogen-bond donors (Lipinski definition) is 1. The average molecular weight is 260 g/mol. The highest BCUT2D eigenvalue weighted by Crippen LogP contribution is 2.27. The van der Waals surface area contributed by atoms with E-state index in [9.17, 15) is 4.79 Å². The van der Waals surface area contributed by atoms with Crippen molar-refractivity contribution in [3.63, 3.8) is 0 Å². The summed E-state index contributed by atoms with van der Waals surface area (Å²) in [6, 6.07) is 1.94. The van der Waals surface area contributed by atoms with Crippen LogP contribution in [0.25, 0.3) is 11.0 Å². The topological polar surface area (TPSA) is 71.2 Å². The van der Waals surface area contributed by atoms with Gasteiger partial charge in [-0.05, 0) is 18.9 Å². The number of nitrogens with zero attached hydrogens (tertiary/aromatic N) is 4. The van der Waals surface area contributed by atoms with E-state index in [1.807, 2.05) is 17.7 Å². The standard InChI is InChI=1S/C13H16N4O2/c1-16-8-15-11-10(16)2-5-14-12(11)17-6-3-9(4-7-17)13(18)19/h2,5,8-9H,3-4,6-7H2,1H3,(H,18,19). The largest absolute Gasteiger partial charge is 0.481 e. The third-order valence-corrected chi connectivity index (χ3v) is 3.77. The van der Waals surface area contributed by atoms with Crippen LogP contribution in [0.5, 0.6) is 0 Å². The minimum absolute atomic E-state index is 0.223. The van der Waals surface area contributed by atoms with Gasteiger partial charge in [-0.1, -0.05) is 0 Å². The van der Waals surface area contributed by atoms with Crippen molar-refractivity contribution in [2.75, 3.05) is 18.0 Å². The maximum absolute atomic E-state index is 11.0. The number of carbonyl (C=O) groups is 1. The fraction of sp³-hybridized carbons (Fsp3) is 0.462. The van der Waals surface area contributed by atoms with Gasteiger partial charge in [0.2, 0.25) is 0 Å². The lowest BCUT2D eigenvalue weighted by Gasteiger charge is -2.31. The first-order chi connectivity index (χ1) is 9.16. The first kappa shape index (κ1) is 12.0. The van der Waals surface area contributed by atoms with Crippen molar-refractivity contribution in [1.29, 1.82) is 0 Å². The number of anilines is 1. The number of aromatic nitrogens is 3. The Morgan fingerprint density at radius 1 is 1.37 bits per heavy atom. The Labute approximate surface area is 110 Å². The zero-order chi connectivity index (χ0) is 13.4. The van der Waals surface area contributed by atoms with Crippen LogP contribution in [0.1, 0.15) is 12.8 Å². The van der Waals surface area contributed by atoms with E-state index in [-0.39, 0.29) is 5.92 Å². The normalized spacial score (nSPS) is 17.0. The highest BCUT2D eigenvalue weighted by atomic mass is 16.4. The Kier molecular flexibility index (Phi) is 2.85. The lowest BCUT2D eigenvalue weighted by atomic mass is 9.97. The molecule has 0 saturated carbocycles. The monoisotopic (exact) mass is 260 g/mol. The second-order valence-corrected chi connectivity index (χ2v) is 4.96. The lowest BCUT2D eigenvalue weighted by molar-refractivity contribution is -0.142. The fourth-order valence-electron chi connectivity index (χ4n) is 2.62. The third kappa shape index (κ3) is 2.03. The van der Waals surface area contributed by atoms with Crippen molar-refractivity contribution in [2.45, 2.75) is 12.8 Å². The van der Waals surface area contributed by atoms with Crippen molar-refractivity contribution in [3.05, 3.63) is 18.6 Å². The smallest absolute Gasteiger partial charge is 0.306 e. The number of imidazole rings is 1. The van der Waals surface area contributed by atoms with Crippen LogP contribution in [0.2, 0.25) is 0 Å². The second-order valence-electron chi connectivity index (χ2n) is 4.96. The van der Waals surface area contributed by atoms with Crippen LogP contribution in [-0.4, -0.2) is 38.7 Å². The number of rotatable bonds is 2. The molecule has 1 aliphatic heterocycles. The molecule has 2 aromatic rings. The zero-order valence-corrected chi connectivity index (χ0v) is 10.8. The van der Waals surface area contributed by atoms with Crippen LogP contribution < -0.4 is 4.90 Å². The van der Waals surface area contributed by atoms with Crippen LogP contribution in [0.3, 0.4) is 0 Å². The van der Waals surface area contributed by atoms with Gasteiger partial charge in [-0.25, -0.2) is 9.97 Å². The van der Waals surface area contributed by atoms with Crippen LogP contribution in [0.15, 0.2) is 18.6 Å². The molecule has 1 saturated heterocycles. The van der Waals surface area contributed by atoms with Crippen molar-refractivity contribution in [3.8, 4) is 0 Å². The van der Waals surface area contributed by atoms with E-state index >= 15 is 0 Å². The van der Waals surface area contributed by atoms with Gasteiger partial charge in [0.15, 0.2) is 5.82 Å². The molecule has 0 radical (unpaired) electrons. The molecule has 1 aliphatic rings. The van der Waals surface area contributed by atoms with Crippen molar-refractivity contribution >= 4 is 22.8 Å². The maximum Gasteiger partial charge on any atom is 0.306 e. The van der Waals surface area contributed by atoms with Gasteiger partial charge in [-0.3, -0.25) is 4.79 Å². The molecular weight excluding hydrogens is 244 g/mol. The van der Waals surface area contributed by atoms with Crippen LogP contribution in [-0.2, 0) is 11.8 Å². The molecule has 6 heteroatoms. The summed E-state index contributed by atoms with van der Waals surface area (Å²) in [5, 5.41) is 9.02. The van der Waals surface area contributed by atoms with Gasteiger partial charge >= 0.3 is 5.97 Å². The minimum atomic E-state index is -0.691. The molecule has 0 unspecified atom stereocenters. The Balaban J connectivity index is 1.88. The summed E-state index contributed by atoms with van der Waals surface area (Å²) in [7, 11) is 1.95. The molecule has 0 spiro atoms. The van der Waals surface area contributed by atoms with Crippen molar-refractivity contribution < 1.29 is 9.90 Å². The summed E-state index contributed by atoms with van der Waals surface area (Å²) in [6.07, 6.45) is 4.89. The molecule has 0 aromatic carbocycles. The van der Waals surface area contributed by atoms with Gasteiger partial charge in [0.25, 0.3) is 0 Å². The molecule has 1 fully saturated rings. The Morgan fingerprint density at radius 3 is 2.79 bits per heavy atom. The minimum Gasteiger partial charge on any atom is -0.481 e. The molecular formula is C13H16N4O2. The van der Waals surface area contributed by atoms with Gasteiger partial charge in [0.1, 0.15) is 5.52 Å². The number of carboxylic acids is 1. The second kappa shape index (κ2) is 4.53. The number of aryl methyl sites for hydroxylation is 1. The van der Waals surface area contributed by atoms with Gasteiger partial charge in [-0.15, -0.1) is 0 Å². The number of pyridine rings is 1. The van der Waals surface area contributed by atoms with E-state index in [0.29, 0.717) is 12.8 Å². The van der Waals surface area contributed by atoms with E-state index in [2.05, 4.69) is 14.9 Å². The van der Waals surface area contributed by atoms with Crippen LogP contribution in [0, 0.1) is 5.92 Å². The first-order valence-corrected chi connectivity index (χ1v) is 6.40. The van der Waals surface area contributed by atoms with Gasteiger partial charge in [-0.2, -0.15) is 0 Å². The predicted molar refractivity (Wildman–Crippen MR) is 71.1 cm³/mol. The Bertz CT molecular complexity index is 614.